The molecule has 138 valence electrons. The molecule has 0 unspecified atom stereocenters. The third-order valence-corrected chi connectivity index (χ3v) is 4.04. The van der Waals surface area contributed by atoms with Gasteiger partial charge in [0.05, 0.1) is 28.4 Å². The first-order chi connectivity index (χ1) is 12.5. The van der Waals surface area contributed by atoms with E-state index in [1.807, 2.05) is 24.3 Å². The minimum Gasteiger partial charge on any atom is -0.496 e. The zero-order valence-electron chi connectivity index (χ0n) is 15.3. The van der Waals surface area contributed by atoms with Crippen molar-refractivity contribution in [3.63, 3.8) is 0 Å². The maximum atomic E-state index is 11.7. The van der Waals surface area contributed by atoms with Gasteiger partial charge in [-0.15, -0.1) is 0 Å². The predicted molar refractivity (Wildman–Crippen MR) is 96.1 cm³/mol. The molecule has 0 aliphatic carbocycles. The molecule has 0 fully saturated rings. The van der Waals surface area contributed by atoms with Gasteiger partial charge in [-0.1, -0.05) is 12.1 Å². The molecule has 0 saturated heterocycles. The molecule has 0 aliphatic heterocycles. The molecule has 0 atom stereocenters. The van der Waals surface area contributed by atoms with Crippen LogP contribution >= 0.6 is 0 Å². The van der Waals surface area contributed by atoms with E-state index in [0.29, 0.717) is 22.6 Å². The highest BCUT2D eigenvalue weighted by molar-refractivity contribution is 5.93. The van der Waals surface area contributed by atoms with Gasteiger partial charge in [0.1, 0.15) is 22.6 Å². The zero-order valence-corrected chi connectivity index (χ0v) is 15.3. The molecule has 6 heteroatoms. The van der Waals surface area contributed by atoms with Gasteiger partial charge in [0, 0.05) is 0 Å². The number of rotatable bonds is 7. The summed E-state index contributed by atoms with van der Waals surface area (Å²) in [5.41, 5.74) is 2.82. The topological polar surface area (TPSA) is 71.1 Å². The van der Waals surface area contributed by atoms with Crippen molar-refractivity contribution in [2.75, 3.05) is 28.4 Å². The fourth-order valence-electron chi connectivity index (χ4n) is 2.63. The summed E-state index contributed by atoms with van der Waals surface area (Å²) in [5.74, 6) is 0.0917. The minimum atomic E-state index is -0.434. The van der Waals surface area contributed by atoms with Crippen molar-refractivity contribution < 1.29 is 28.5 Å². The highest BCUT2D eigenvalue weighted by atomic mass is 16.5. The number of ether oxygens (including phenoxy) is 4. The average Bonchev–Trinajstić information content (AvgIpc) is 2.70. The molecule has 6 nitrogen and oxygen atoms in total. The number of hydrogen-bond donors (Lipinski definition) is 0. The van der Waals surface area contributed by atoms with E-state index in [1.54, 1.807) is 12.1 Å². The molecule has 0 heterocycles. The van der Waals surface area contributed by atoms with Gasteiger partial charge in [-0.3, -0.25) is 0 Å². The Balaban J connectivity index is 2.16. The molecule has 0 bridgehead atoms. The van der Waals surface area contributed by atoms with Gasteiger partial charge in [-0.2, -0.15) is 0 Å². The molecule has 0 aliphatic rings. The van der Waals surface area contributed by atoms with E-state index >= 15 is 0 Å². The lowest BCUT2D eigenvalue weighted by atomic mass is 10.0. The summed E-state index contributed by atoms with van der Waals surface area (Å²) in [5, 5.41) is 0. The number of carbonyl (C=O) groups is 2. The smallest absolute Gasteiger partial charge is 0.341 e. The SMILES string of the molecule is COC(=O)c1ccc(CCc2ccc(C(=O)OC)c(OC)c2)cc1OC. The molecule has 0 amide bonds. The van der Waals surface area contributed by atoms with Crippen LogP contribution in [0.4, 0.5) is 0 Å². The Morgan fingerprint density at radius 2 is 1.08 bits per heavy atom. The van der Waals surface area contributed by atoms with Crippen LogP contribution in [0, 0.1) is 0 Å². The molecule has 0 spiro atoms. The van der Waals surface area contributed by atoms with Crippen LogP contribution in [-0.2, 0) is 22.3 Å². The molecule has 2 rings (SSSR count). The fourth-order valence-corrected chi connectivity index (χ4v) is 2.63. The van der Waals surface area contributed by atoms with Crippen molar-refractivity contribution in [2.24, 2.45) is 0 Å². The number of hydrogen-bond acceptors (Lipinski definition) is 6. The Morgan fingerprint density at radius 1 is 0.692 bits per heavy atom. The van der Waals surface area contributed by atoms with Gasteiger partial charge >= 0.3 is 11.9 Å². The van der Waals surface area contributed by atoms with E-state index in [2.05, 4.69) is 0 Å². The summed E-state index contributed by atoms with van der Waals surface area (Å²) in [6.45, 7) is 0. The summed E-state index contributed by atoms with van der Waals surface area (Å²) in [6, 6.07) is 10.8. The van der Waals surface area contributed by atoms with Crippen molar-refractivity contribution in [2.45, 2.75) is 12.8 Å². The van der Waals surface area contributed by atoms with Gasteiger partial charge < -0.3 is 18.9 Å². The van der Waals surface area contributed by atoms with E-state index in [-0.39, 0.29) is 0 Å². The second-order valence-electron chi connectivity index (χ2n) is 5.55. The Hall–Kier alpha value is -3.02. The molecule has 0 saturated carbocycles. The fraction of sp³-hybridized carbons (Fsp3) is 0.300. The number of esters is 2. The number of aryl methyl sites for hydroxylation is 2. The van der Waals surface area contributed by atoms with Crippen molar-refractivity contribution in [1.29, 1.82) is 0 Å². The van der Waals surface area contributed by atoms with Crippen LogP contribution in [0.3, 0.4) is 0 Å². The molecule has 0 radical (unpaired) electrons. The van der Waals surface area contributed by atoms with Gasteiger partial charge in [0.15, 0.2) is 0 Å². The first kappa shape index (κ1) is 19.3. The monoisotopic (exact) mass is 358 g/mol. The number of carbonyl (C=O) groups excluding carboxylic acids is 2. The lowest BCUT2D eigenvalue weighted by Crippen LogP contribution is -2.05. The minimum absolute atomic E-state index is 0.392. The van der Waals surface area contributed by atoms with Crippen LogP contribution in [-0.4, -0.2) is 40.4 Å². The maximum absolute atomic E-state index is 11.7. The second-order valence-corrected chi connectivity index (χ2v) is 5.55. The maximum Gasteiger partial charge on any atom is 0.341 e. The summed E-state index contributed by atoms with van der Waals surface area (Å²) in [6.07, 6.45) is 1.47. The third kappa shape index (κ3) is 4.33. The van der Waals surface area contributed by atoms with Crippen LogP contribution in [0.5, 0.6) is 11.5 Å². The number of methoxy groups -OCH3 is 4. The van der Waals surface area contributed by atoms with Gasteiger partial charge in [-0.05, 0) is 48.2 Å². The van der Waals surface area contributed by atoms with E-state index in [4.69, 9.17) is 18.9 Å². The summed E-state index contributed by atoms with van der Waals surface area (Å²) in [7, 11) is 5.70. The standard InChI is InChI=1S/C20H22O6/c1-23-17-11-13(7-9-15(17)19(21)25-3)5-6-14-8-10-16(20(22)26-4)18(12-14)24-2/h7-12H,5-6H2,1-4H3. The lowest BCUT2D eigenvalue weighted by molar-refractivity contribution is 0.0588. The Kier molecular flexibility index (Phi) is 6.60. The van der Waals surface area contributed by atoms with Gasteiger partial charge in [0.25, 0.3) is 0 Å². The molecule has 2 aromatic carbocycles. The first-order valence-corrected chi connectivity index (χ1v) is 8.04. The van der Waals surface area contributed by atoms with Crippen molar-refractivity contribution in [1.82, 2.24) is 0 Å². The molecular weight excluding hydrogens is 336 g/mol. The van der Waals surface area contributed by atoms with Gasteiger partial charge in [0.2, 0.25) is 0 Å². The molecule has 0 aromatic heterocycles. The molecule has 0 N–H and O–H groups in total. The molecule has 26 heavy (non-hydrogen) atoms. The Morgan fingerprint density at radius 3 is 1.38 bits per heavy atom. The first-order valence-electron chi connectivity index (χ1n) is 8.04. The third-order valence-electron chi connectivity index (χ3n) is 4.04. The summed E-state index contributed by atoms with van der Waals surface area (Å²) in [4.78, 5) is 23.4. The van der Waals surface area contributed by atoms with Crippen LogP contribution in [0.25, 0.3) is 0 Å². The van der Waals surface area contributed by atoms with Crippen LogP contribution in [0.15, 0.2) is 36.4 Å². The average molecular weight is 358 g/mol. The van der Waals surface area contributed by atoms with Crippen LogP contribution in [0.2, 0.25) is 0 Å². The van der Waals surface area contributed by atoms with Crippen LogP contribution < -0.4 is 9.47 Å². The van der Waals surface area contributed by atoms with Crippen molar-refractivity contribution >= 4 is 11.9 Å². The predicted octanol–water partition coefficient (Wildman–Crippen LogP) is 3.06. The largest absolute Gasteiger partial charge is 0.496 e. The second kappa shape index (κ2) is 8.89. The molecular formula is C20H22O6. The van der Waals surface area contributed by atoms with E-state index < -0.39 is 11.9 Å². The number of benzene rings is 2. The Labute approximate surface area is 152 Å². The lowest BCUT2D eigenvalue weighted by Gasteiger charge is -2.11. The quantitative estimate of drug-likeness (QED) is 0.709. The summed E-state index contributed by atoms with van der Waals surface area (Å²) >= 11 is 0. The summed E-state index contributed by atoms with van der Waals surface area (Å²) < 4.78 is 20.0. The van der Waals surface area contributed by atoms with E-state index in [0.717, 1.165) is 24.0 Å². The molecule has 2 aromatic rings. The van der Waals surface area contributed by atoms with E-state index in [1.165, 1.54) is 28.4 Å². The van der Waals surface area contributed by atoms with E-state index in [9.17, 15) is 9.59 Å². The zero-order chi connectivity index (χ0) is 19.1. The van der Waals surface area contributed by atoms with Gasteiger partial charge in [-0.25, -0.2) is 9.59 Å². The van der Waals surface area contributed by atoms with Crippen molar-refractivity contribution in [3.8, 4) is 11.5 Å². The normalized spacial score (nSPS) is 10.2. The highest BCUT2D eigenvalue weighted by Crippen LogP contribution is 2.24. The van der Waals surface area contributed by atoms with Crippen molar-refractivity contribution in [3.05, 3.63) is 58.7 Å². The highest BCUT2D eigenvalue weighted by Gasteiger charge is 2.15. The Bertz CT molecular complexity index is 729. The van der Waals surface area contributed by atoms with Crippen LogP contribution in [0.1, 0.15) is 31.8 Å².